The average molecular weight is 263 g/mol. The third-order valence-electron chi connectivity index (χ3n) is 3.04. The number of hydrogen-bond acceptors (Lipinski definition) is 3. The second-order valence-corrected chi connectivity index (χ2v) is 4.90. The summed E-state index contributed by atoms with van der Waals surface area (Å²) in [7, 11) is 3.93. The summed E-state index contributed by atoms with van der Waals surface area (Å²) in [6, 6.07) is 7.65. The van der Waals surface area contributed by atoms with Crippen LogP contribution in [0.5, 0.6) is 0 Å². The van der Waals surface area contributed by atoms with Gasteiger partial charge in [0, 0.05) is 31.9 Å². The number of amides is 1. The van der Waals surface area contributed by atoms with Crippen LogP contribution in [0.4, 0.5) is 5.69 Å². The molecular weight excluding hydrogens is 238 g/mol. The predicted octanol–water partition coefficient (Wildman–Crippen LogP) is 2.00. The monoisotopic (exact) mass is 263 g/mol. The fraction of sp³-hybridized carbons (Fsp3) is 0.533. The molecule has 0 saturated heterocycles. The van der Waals surface area contributed by atoms with Gasteiger partial charge in [-0.2, -0.15) is 0 Å². The average Bonchev–Trinajstić information content (AvgIpc) is 2.42. The number of hydrogen-bond donors (Lipinski definition) is 2. The van der Waals surface area contributed by atoms with Gasteiger partial charge in [0.05, 0.1) is 0 Å². The van der Waals surface area contributed by atoms with Gasteiger partial charge in [-0.15, -0.1) is 0 Å². The lowest BCUT2D eigenvalue weighted by molar-refractivity contribution is 0.0953. The topological polar surface area (TPSA) is 58.4 Å². The van der Waals surface area contributed by atoms with Crippen LogP contribution in [0.15, 0.2) is 24.3 Å². The Morgan fingerprint density at radius 3 is 2.63 bits per heavy atom. The quantitative estimate of drug-likeness (QED) is 0.705. The van der Waals surface area contributed by atoms with E-state index >= 15 is 0 Å². The fourth-order valence-electron chi connectivity index (χ4n) is 1.85. The fourth-order valence-corrected chi connectivity index (χ4v) is 1.85. The molecule has 0 radical (unpaired) electrons. The van der Waals surface area contributed by atoms with E-state index in [0.717, 1.165) is 44.5 Å². The van der Waals surface area contributed by atoms with Gasteiger partial charge in [-0.05, 0) is 37.6 Å². The third kappa shape index (κ3) is 5.75. The Hall–Kier alpha value is -1.55. The van der Waals surface area contributed by atoms with Crippen molar-refractivity contribution < 1.29 is 4.79 Å². The Bertz CT molecular complexity index is 391. The molecule has 0 heterocycles. The molecule has 1 rings (SSSR count). The molecule has 1 aromatic rings. The summed E-state index contributed by atoms with van der Waals surface area (Å²) in [4.78, 5) is 13.9. The number of benzene rings is 1. The van der Waals surface area contributed by atoms with Gasteiger partial charge >= 0.3 is 0 Å². The van der Waals surface area contributed by atoms with Crippen molar-refractivity contribution in [3.05, 3.63) is 29.8 Å². The van der Waals surface area contributed by atoms with Crippen molar-refractivity contribution in [2.75, 3.05) is 32.1 Å². The van der Waals surface area contributed by atoms with E-state index in [2.05, 4.69) is 5.32 Å². The Kier molecular flexibility index (Phi) is 6.97. The van der Waals surface area contributed by atoms with Crippen molar-refractivity contribution in [1.29, 1.82) is 0 Å². The molecule has 4 heteroatoms. The lowest BCUT2D eigenvalue weighted by Gasteiger charge is -2.13. The van der Waals surface area contributed by atoms with Crippen molar-refractivity contribution in [2.24, 2.45) is 5.73 Å². The molecule has 0 unspecified atom stereocenters. The highest BCUT2D eigenvalue weighted by atomic mass is 16.1. The van der Waals surface area contributed by atoms with Crippen LogP contribution in [0.3, 0.4) is 0 Å². The summed E-state index contributed by atoms with van der Waals surface area (Å²) in [5.41, 5.74) is 7.19. The molecule has 0 aliphatic heterocycles. The van der Waals surface area contributed by atoms with Crippen molar-refractivity contribution in [3.63, 3.8) is 0 Å². The molecule has 0 atom stereocenters. The normalized spacial score (nSPS) is 10.3. The van der Waals surface area contributed by atoms with E-state index in [4.69, 9.17) is 5.73 Å². The molecule has 106 valence electrons. The number of rotatable bonds is 8. The second-order valence-electron chi connectivity index (χ2n) is 4.90. The van der Waals surface area contributed by atoms with Crippen LogP contribution in [-0.2, 0) is 0 Å². The van der Waals surface area contributed by atoms with Crippen LogP contribution in [0.1, 0.15) is 36.0 Å². The van der Waals surface area contributed by atoms with E-state index in [9.17, 15) is 4.79 Å². The van der Waals surface area contributed by atoms with Gasteiger partial charge in [0.2, 0.25) is 0 Å². The smallest absolute Gasteiger partial charge is 0.251 e. The molecule has 0 bridgehead atoms. The van der Waals surface area contributed by atoms with E-state index in [1.54, 1.807) is 0 Å². The summed E-state index contributed by atoms with van der Waals surface area (Å²) in [5, 5.41) is 2.95. The zero-order chi connectivity index (χ0) is 14.1. The van der Waals surface area contributed by atoms with Gasteiger partial charge in [0.1, 0.15) is 0 Å². The molecule has 0 saturated carbocycles. The molecule has 0 fully saturated rings. The molecule has 1 aromatic carbocycles. The molecule has 3 N–H and O–H groups in total. The lowest BCUT2D eigenvalue weighted by Crippen LogP contribution is -2.24. The predicted molar refractivity (Wildman–Crippen MR) is 80.6 cm³/mol. The molecule has 0 aromatic heterocycles. The maximum Gasteiger partial charge on any atom is 0.251 e. The summed E-state index contributed by atoms with van der Waals surface area (Å²) in [6.07, 6.45) is 4.34. The number of unbranched alkanes of at least 4 members (excludes halogenated alkanes) is 3. The number of nitrogens with zero attached hydrogens (tertiary/aromatic N) is 1. The molecule has 1 amide bonds. The van der Waals surface area contributed by atoms with Crippen LogP contribution in [-0.4, -0.2) is 33.1 Å². The Morgan fingerprint density at radius 2 is 1.95 bits per heavy atom. The van der Waals surface area contributed by atoms with E-state index in [0.29, 0.717) is 5.56 Å². The molecule has 4 nitrogen and oxygen atoms in total. The summed E-state index contributed by atoms with van der Waals surface area (Å²) < 4.78 is 0. The number of anilines is 1. The number of carbonyl (C=O) groups is 1. The van der Waals surface area contributed by atoms with Crippen molar-refractivity contribution >= 4 is 11.6 Å². The van der Waals surface area contributed by atoms with Crippen molar-refractivity contribution in [3.8, 4) is 0 Å². The van der Waals surface area contributed by atoms with Gasteiger partial charge in [0.15, 0.2) is 0 Å². The first-order valence-electron chi connectivity index (χ1n) is 6.91. The van der Waals surface area contributed by atoms with E-state index < -0.39 is 0 Å². The number of nitrogens with one attached hydrogen (secondary N) is 1. The Balaban J connectivity index is 2.35. The standard InChI is InChI=1S/C15H25N3O/c1-18(2)14-9-7-8-13(12-14)15(19)17-11-6-4-3-5-10-16/h7-9,12H,3-6,10-11,16H2,1-2H3,(H,17,19). The summed E-state index contributed by atoms with van der Waals surface area (Å²) in [6.45, 7) is 1.49. The molecule has 0 aliphatic rings. The number of nitrogens with two attached hydrogens (primary N) is 1. The second kappa shape index (κ2) is 8.53. The highest BCUT2D eigenvalue weighted by Gasteiger charge is 2.06. The molecule has 0 spiro atoms. The van der Waals surface area contributed by atoms with Gasteiger partial charge in [-0.1, -0.05) is 18.9 Å². The Labute approximate surface area is 116 Å². The van der Waals surface area contributed by atoms with Crippen molar-refractivity contribution in [1.82, 2.24) is 5.32 Å². The van der Waals surface area contributed by atoms with Crippen molar-refractivity contribution in [2.45, 2.75) is 25.7 Å². The van der Waals surface area contributed by atoms with Crippen LogP contribution in [0, 0.1) is 0 Å². The van der Waals surface area contributed by atoms with Gasteiger partial charge < -0.3 is 16.0 Å². The molecule has 19 heavy (non-hydrogen) atoms. The minimum atomic E-state index is 0.00234. The maximum absolute atomic E-state index is 12.0. The molecular formula is C15H25N3O. The van der Waals surface area contributed by atoms with E-state index in [1.165, 1.54) is 0 Å². The first kappa shape index (κ1) is 15.5. The SMILES string of the molecule is CN(C)c1cccc(C(=O)NCCCCCCN)c1. The zero-order valence-electron chi connectivity index (χ0n) is 12.0. The first-order chi connectivity index (χ1) is 9.15. The van der Waals surface area contributed by atoms with E-state index in [-0.39, 0.29) is 5.91 Å². The first-order valence-corrected chi connectivity index (χ1v) is 6.91. The summed E-state index contributed by atoms with van der Waals surface area (Å²) in [5.74, 6) is 0.00234. The maximum atomic E-state index is 12.0. The number of carbonyl (C=O) groups excluding carboxylic acids is 1. The largest absolute Gasteiger partial charge is 0.378 e. The van der Waals surface area contributed by atoms with Crippen LogP contribution < -0.4 is 16.0 Å². The van der Waals surface area contributed by atoms with Crippen LogP contribution in [0.25, 0.3) is 0 Å². The third-order valence-corrected chi connectivity index (χ3v) is 3.04. The Morgan fingerprint density at radius 1 is 1.21 bits per heavy atom. The summed E-state index contributed by atoms with van der Waals surface area (Å²) >= 11 is 0. The van der Waals surface area contributed by atoms with Gasteiger partial charge in [-0.25, -0.2) is 0 Å². The minimum Gasteiger partial charge on any atom is -0.378 e. The van der Waals surface area contributed by atoms with Gasteiger partial charge in [-0.3, -0.25) is 4.79 Å². The minimum absolute atomic E-state index is 0.00234. The van der Waals surface area contributed by atoms with Gasteiger partial charge in [0.25, 0.3) is 5.91 Å². The van der Waals surface area contributed by atoms with Crippen LogP contribution >= 0.6 is 0 Å². The van der Waals surface area contributed by atoms with Crippen LogP contribution in [0.2, 0.25) is 0 Å². The highest BCUT2D eigenvalue weighted by molar-refractivity contribution is 5.95. The molecule has 0 aliphatic carbocycles. The zero-order valence-corrected chi connectivity index (χ0v) is 12.0. The van der Waals surface area contributed by atoms with E-state index in [1.807, 2.05) is 43.3 Å². The highest BCUT2D eigenvalue weighted by Crippen LogP contribution is 2.13. The lowest BCUT2D eigenvalue weighted by atomic mass is 10.1.